The van der Waals surface area contributed by atoms with E-state index in [1.807, 2.05) is 62.5 Å². The van der Waals surface area contributed by atoms with Crippen LogP contribution in [0.2, 0.25) is 0 Å². The molecule has 12 heteroatoms. The molecule has 0 radical (unpaired) electrons. The predicted octanol–water partition coefficient (Wildman–Crippen LogP) is 0.161. The Kier molecular flexibility index (Phi) is 8.63. The normalized spacial score (nSPS) is 18.8. The molecular weight excluding hydrogens is 390 g/mol. The van der Waals surface area contributed by atoms with Gasteiger partial charge in [0, 0.05) is 33.3 Å². The van der Waals surface area contributed by atoms with Gasteiger partial charge in [0.1, 0.15) is 23.4 Å². The lowest BCUT2D eigenvalue weighted by atomic mass is 10.2. The fourth-order valence-electron chi connectivity index (χ4n) is 2.31. The fourth-order valence-corrected chi connectivity index (χ4v) is 2.31. The van der Waals surface area contributed by atoms with Gasteiger partial charge in [-0.3, -0.25) is 9.08 Å². The minimum absolute atomic E-state index is 0.0655. The first-order chi connectivity index (χ1) is 13.0. The van der Waals surface area contributed by atoms with Gasteiger partial charge in [-0.15, -0.1) is 10.2 Å². The number of azo groups is 1. The number of nitrogens with one attached hydrogen (secondary N) is 1. The van der Waals surface area contributed by atoms with Crippen LogP contribution in [0.5, 0.6) is 11.5 Å². The van der Waals surface area contributed by atoms with E-state index in [4.69, 9.17) is 9.47 Å². The summed E-state index contributed by atoms with van der Waals surface area (Å²) in [4.78, 5) is 5.13. The molecule has 1 aliphatic rings. The van der Waals surface area contributed by atoms with Gasteiger partial charge in [0.05, 0.1) is 40.3 Å². The number of anilines is 1. The molecule has 1 N–H and O–H groups in total. The molecule has 11 nitrogen and oxygen atoms in total. The molecule has 158 valence electrons. The van der Waals surface area contributed by atoms with Crippen molar-refractivity contribution >= 4 is 21.8 Å². The van der Waals surface area contributed by atoms with Gasteiger partial charge in [-0.05, 0) is 0 Å². The van der Waals surface area contributed by atoms with Crippen LogP contribution < -0.4 is 19.3 Å². The Hall–Kier alpha value is -2.41. The molecule has 1 aromatic carbocycles. The maximum atomic E-state index is 9.22. The van der Waals surface area contributed by atoms with Crippen molar-refractivity contribution in [2.24, 2.45) is 10.2 Å². The number of rotatable bonds is 6. The van der Waals surface area contributed by atoms with E-state index in [9.17, 15) is 13.0 Å². The zero-order valence-corrected chi connectivity index (χ0v) is 17.8. The summed E-state index contributed by atoms with van der Waals surface area (Å²) in [5.41, 5.74) is 1.58. The molecule has 28 heavy (non-hydrogen) atoms. The number of nitrogens with zero attached hydrogens (tertiary/aromatic N) is 4. The van der Waals surface area contributed by atoms with Crippen molar-refractivity contribution < 1.29 is 31.5 Å². The number of hydrogen-bond acceptors (Lipinski definition) is 10. The summed E-state index contributed by atoms with van der Waals surface area (Å²) in [5.74, 6) is 1.40. The summed E-state index contributed by atoms with van der Waals surface area (Å²) in [5, 5.41) is 8.78. The summed E-state index contributed by atoms with van der Waals surface area (Å²) < 4.78 is 41.9. The van der Waals surface area contributed by atoms with Crippen molar-refractivity contribution in [3.8, 4) is 11.5 Å². The average Bonchev–Trinajstić information content (AvgIpc) is 2.96. The van der Waals surface area contributed by atoms with E-state index in [0.717, 1.165) is 23.4 Å². The summed E-state index contributed by atoms with van der Waals surface area (Å²) in [6.45, 7) is 0. The minimum Gasteiger partial charge on any atom is -0.726 e. The SMILES string of the molecule is COS(=O)(=O)[O-].COc1cc(N(C)C)c(OC)cc1N=NC1N(C)C=C[NH+]1C. The molecule has 0 fully saturated rings. The van der Waals surface area contributed by atoms with Crippen molar-refractivity contribution in [2.75, 3.05) is 54.4 Å². The number of quaternary nitrogens is 1. The van der Waals surface area contributed by atoms with Gasteiger partial charge in [-0.25, -0.2) is 8.42 Å². The number of ether oxygens (including phenoxy) is 2. The monoisotopic (exact) mass is 417 g/mol. The van der Waals surface area contributed by atoms with Crippen LogP contribution >= 0.6 is 0 Å². The molecule has 0 bridgehead atoms. The maximum absolute atomic E-state index is 9.22. The van der Waals surface area contributed by atoms with Crippen LogP contribution in [-0.2, 0) is 14.6 Å². The van der Waals surface area contributed by atoms with Gasteiger partial charge in [-0.2, -0.15) is 0 Å². The molecule has 2 rings (SSSR count). The minimum atomic E-state index is -4.41. The van der Waals surface area contributed by atoms with Crippen molar-refractivity contribution in [1.82, 2.24) is 4.90 Å². The van der Waals surface area contributed by atoms with Gasteiger partial charge in [0.25, 0.3) is 6.29 Å². The average molecular weight is 417 g/mol. The fraction of sp³-hybridized carbons (Fsp3) is 0.500. The summed E-state index contributed by atoms with van der Waals surface area (Å²) in [6, 6.07) is 3.75. The highest BCUT2D eigenvalue weighted by Gasteiger charge is 2.25. The maximum Gasteiger partial charge on any atom is 0.284 e. The van der Waals surface area contributed by atoms with E-state index in [1.54, 1.807) is 14.2 Å². The van der Waals surface area contributed by atoms with Gasteiger partial charge in [0.2, 0.25) is 10.4 Å². The Morgan fingerprint density at radius 3 is 2.14 bits per heavy atom. The van der Waals surface area contributed by atoms with E-state index in [2.05, 4.69) is 14.4 Å². The van der Waals surface area contributed by atoms with Crippen LogP contribution in [0.15, 0.2) is 34.8 Å². The van der Waals surface area contributed by atoms with E-state index < -0.39 is 10.4 Å². The summed E-state index contributed by atoms with van der Waals surface area (Å²) >= 11 is 0. The highest BCUT2D eigenvalue weighted by molar-refractivity contribution is 7.80. The van der Waals surface area contributed by atoms with Gasteiger partial charge < -0.3 is 23.8 Å². The lowest BCUT2D eigenvalue weighted by molar-refractivity contribution is -0.856. The molecular formula is C16H27N5O6S. The Balaban J connectivity index is 0.000000568. The smallest absolute Gasteiger partial charge is 0.284 e. The largest absolute Gasteiger partial charge is 0.726 e. The van der Waals surface area contributed by atoms with Crippen molar-refractivity contribution in [3.63, 3.8) is 0 Å². The first-order valence-corrected chi connectivity index (χ1v) is 9.46. The van der Waals surface area contributed by atoms with Crippen molar-refractivity contribution in [3.05, 3.63) is 24.5 Å². The van der Waals surface area contributed by atoms with Crippen LogP contribution in [0, 0.1) is 0 Å². The molecule has 0 aliphatic carbocycles. The molecule has 0 saturated heterocycles. The third kappa shape index (κ3) is 6.64. The molecule has 2 atom stereocenters. The van der Waals surface area contributed by atoms with E-state index in [0.29, 0.717) is 11.4 Å². The number of benzene rings is 1. The van der Waals surface area contributed by atoms with E-state index in [1.165, 1.54) is 0 Å². The van der Waals surface area contributed by atoms with Crippen LogP contribution in [0.3, 0.4) is 0 Å². The van der Waals surface area contributed by atoms with Gasteiger partial charge >= 0.3 is 0 Å². The molecule has 2 unspecified atom stereocenters. The highest BCUT2D eigenvalue weighted by atomic mass is 32.3. The quantitative estimate of drug-likeness (QED) is 0.395. The van der Waals surface area contributed by atoms with E-state index in [-0.39, 0.29) is 6.29 Å². The Morgan fingerprint density at radius 2 is 1.75 bits per heavy atom. The lowest BCUT2D eigenvalue weighted by Gasteiger charge is -2.19. The number of methoxy groups -OCH3 is 2. The Bertz CT molecular complexity index is 800. The lowest BCUT2D eigenvalue weighted by Crippen LogP contribution is -3.08. The third-order valence-corrected chi connectivity index (χ3v) is 4.21. The molecule has 1 heterocycles. The standard InChI is InChI=1S/C15H23N5O2.CH4O4S/c1-18(2)12-10-13(21-5)11(9-14(12)22-6)16-17-15-19(3)7-8-20(15)4;1-5-6(2,3)4/h7-10,15H,1-6H3;1H3,(H,2,3,4). The van der Waals surface area contributed by atoms with Crippen LogP contribution in [0.4, 0.5) is 11.4 Å². The van der Waals surface area contributed by atoms with E-state index >= 15 is 0 Å². The highest BCUT2D eigenvalue weighted by Crippen LogP contribution is 2.39. The molecule has 0 aromatic heterocycles. The molecule has 0 saturated carbocycles. The molecule has 0 spiro atoms. The zero-order valence-electron chi connectivity index (χ0n) is 17.0. The predicted molar refractivity (Wildman–Crippen MR) is 103 cm³/mol. The van der Waals surface area contributed by atoms with Crippen molar-refractivity contribution in [1.29, 1.82) is 0 Å². The summed E-state index contributed by atoms with van der Waals surface area (Å²) in [7, 11) is 7.59. The third-order valence-electron chi connectivity index (χ3n) is 3.81. The topological polar surface area (TPSA) is 121 Å². The Morgan fingerprint density at radius 1 is 1.18 bits per heavy atom. The number of hydrogen-bond donors (Lipinski definition) is 1. The van der Waals surface area contributed by atoms with Crippen LogP contribution in [-0.4, -0.2) is 73.7 Å². The van der Waals surface area contributed by atoms with Gasteiger partial charge in [-0.1, -0.05) is 0 Å². The second-order valence-electron chi connectivity index (χ2n) is 5.98. The Labute approximate surface area is 165 Å². The second kappa shape index (κ2) is 10.2. The van der Waals surface area contributed by atoms with Crippen LogP contribution in [0.1, 0.15) is 0 Å². The molecule has 1 aliphatic heterocycles. The summed E-state index contributed by atoms with van der Waals surface area (Å²) in [6.07, 6.45) is 3.96. The van der Waals surface area contributed by atoms with Gasteiger partial charge in [0.15, 0.2) is 0 Å². The van der Waals surface area contributed by atoms with Crippen molar-refractivity contribution in [2.45, 2.75) is 6.29 Å². The van der Waals surface area contributed by atoms with Crippen LogP contribution in [0.25, 0.3) is 0 Å². The first kappa shape index (κ1) is 23.6. The zero-order chi connectivity index (χ0) is 21.5. The first-order valence-electron chi connectivity index (χ1n) is 8.13. The molecule has 0 amide bonds. The molecule has 1 aromatic rings. The second-order valence-corrected chi connectivity index (χ2v) is 7.13.